The Morgan fingerprint density at radius 2 is 2.00 bits per heavy atom. The Morgan fingerprint density at radius 3 is 2.62 bits per heavy atom. The molecule has 0 amide bonds. The summed E-state index contributed by atoms with van der Waals surface area (Å²) in [6.45, 7) is 3.75. The fraction of sp³-hybridized carbons (Fsp3) is 0.0714. The van der Waals surface area contributed by atoms with Gasteiger partial charge in [0, 0.05) is 10.5 Å². The standard InChI is InChI=1S/C14H12OS/c1-3-10-4-5-11-7-13(9-15)14(16-2)8-12(11)6-10/h3-9H,1H2,2H3. The van der Waals surface area contributed by atoms with Crippen LogP contribution in [0.15, 0.2) is 41.8 Å². The normalized spacial score (nSPS) is 10.3. The molecule has 2 aromatic rings. The van der Waals surface area contributed by atoms with E-state index in [-0.39, 0.29) is 0 Å². The smallest absolute Gasteiger partial charge is 0.151 e. The largest absolute Gasteiger partial charge is 0.298 e. The quantitative estimate of drug-likeness (QED) is 0.583. The molecule has 0 N–H and O–H groups in total. The minimum absolute atomic E-state index is 0.756. The zero-order valence-corrected chi connectivity index (χ0v) is 9.88. The summed E-state index contributed by atoms with van der Waals surface area (Å²) in [5.74, 6) is 0. The molecule has 0 saturated heterocycles. The van der Waals surface area contributed by atoms with Crippen molar-refractivity contribution < 1.29 is 4.79 Å². The van der Waals surface area contributed by atoms with Gasteiger partial charge in [0.25, 0.3) is 0 Å². The maximum atomic E-state index is 10.9. The number of carbonyl (C=O) groups excluding carboxylic acids is 1. The van der Waals surface area contributed by atoms with Gasteiger partial charge in [-0.3, -0.25) is 4.79 Å². The van der Waals surface area contributed by atoms with Crippen LogP contribution in [-0.4, -0.2) is 12.5 Å². The first kappa shape index (κ1) is 11.0. The van der Waals surface area contributed by atoms with Gasteiger partial charge in [-0.2, -0.15) is 0 Å². The van der Waals surface area contributed by atoms with Crippen LogP contribution in [0, 0.1) is 0 Å². The summed E-state index contributed by atoms with van der Waals surface area (Å²) in [6, 6.07) is 10.1. The van der Waals surface area contributed by atoms with Crippen LogP contribution in [0.25, 0.3) is 16.8 Å². The number of carbonyl (C=O) groups is 1. The summed E-state index contributed by atoms with van der Waals surface area (Å²) < 4.78 is 0. The van der Waals surface area contributed by atoms with E-state index in [1.54, 1.807) is 11.8 Å². The van der Waals surface area contributed by atoms with E-state index in [0.717, 1.165) is 33.1 Å². The van der Waals surface area contributed by atoms with Crippen molar-refractivity contribution in [3.8, 4) is 0 Å². The molecule has 0 radical (unpaired) electrons. The second-order valence-electron chi connectivity index (χ2n) is 3.52. The molecule has 16 heavy (non-hydrogen) atoms. The lowest BCUT2D eigenvalue weighted by Crippen LogP contribution is -1.86. The van der Waals surface area contributed by atoms with Crippen LogP contribution < -0.4 is 0 Å². The van der Waals surface area contributed by atoms with Crippen molar-refractivity contribution in [2.24, 2.45) is 0 Å². The Balaban J connectivity index is 2.72. The zero-order chi connectivity index (χ0) is 11.5. The number of hydrogen-bond donors (Lipinski definition) is 0. The predicted molar refractivity (Wildman–Crippen MR) is 71.2 cm³/mol. The van der Waals surface area contributed by atoms with E-state index in [1.807, 2.05) is 30.5 Å². The Bertz CT molecular complexity index is 558. The van der Waals surface area contributed by atoms with Crippen LogP contribution in [0.4, 0.5) is 0 Å². The van der Waals surface area contributed by atoms with Gasteiger partial charge in [-0.05, 0) is 40.8 Å². The molecule has 2 aromatic carbocycles. The average molecular weight is 228 g/mol. The van der Waals surface area contributed by atoms with Crippen LogP contribution in [0.1, 0.15) is 15.9 Å². The van der Waals surface area contributed by atoms with Crippen LogP contribution in [0.5, 0.6) is 0 Å². The van der Waals surface area contributed by atoms with Crippen molar-refractivity contribution in [2.45, 2.75) is 4.90 Å². The highest BCUT2D eigenvalue weighted by Gasteiger charge is 2.03. The summed E-state index contributed by atoms with van der Waals surface area (Å²) in [4.78, 5) is 11.9. The van der Waals surface area contributed by atoms with E-state index >= 15 is 0 Å². The molecule has 0 bridgehead atoms. The van der Waals surface area contributed by atoms with Crippen molar-refractivity contribution >= 4 is 34.9 Å². The highest BCUT2D eigenvalue weighted by Crippen LogP contribution is 2.26. The number of fused-ring (bicyclic) bond motifs is 1. The molecule has 0 aliphatic heterocycles. The van der Waals surface area contributed by atoms with E-state index in [4.69, 9.17) is 0 Å². The van der Waals surface area contributed by atoms with Gasteiger partial charge in [0.2, 0.25) is 0 Å². The van der Waals surface area contributed by atoms with Gasteiger partial charge in [-0.25, -0.2) is 0 Å². The number of benzene rings is 2. The third-order valence-electron chi connectivity index (χ3n) is 2.58. The topological polar surface area (TPSA) is 17.1 Å². The van der Waals surface area contributed by atoms with Crippen LogP contribution >= 0.6 is 11.8 Å². The molecule has 0 saturated carbocycles. The Labute approximate surface area is 99.2 Å². The minimum atomic E-state index is 0.756. The summed E-state index contributed by atoms with van der Waals surface area (Å²) in [5.41, 5.74) is 1.85. The monoisotopic (exact) mass is 228 g/mol. The lowest BCUT2D eigenvalue weighted by molar-refractivity contribution is 0.112. The second-order valence-corrected chi connectivity index (χ2v) is 4.37. The molecule has 0 aromatic heterocycles. The SMILES string of the molecule is C=Cc1ccc2cc(C=O)c(SC)cc2c1. The Kier molecular flexibility index (Phi) is 3.11. The molecule has 2 rings (SSSR count). The van der Waals surface area contributed by atoms with E-state index in [1.165, 1.54) is 0 Å². The summed E-state index contributed by atoms with van der Waals surface area (Å²) in [6.07, 6.45) is 4.71. The zero-order valence-electron chi connectivity index (χ0n) is 9.07. The van der Waals surface area contributed by atoms with Gasteiger partial charge in [-0.1, -0.05) is 24.8 Å². The van der Waals surface area contributed by atoms with E-state index in [0.29, 0.717) is 0 Å². The van der Waals surface area contributed by atoms with Crippen molar-refractivity contribution in [1.82, 2.24) is 0 Å². The van der Waals surface area contributed by atoms with Gasteiger partial charge in [0.15, 0.2) is 6.29 Å². The summed E-state index contributed by atoms with van der Waals surface area (Å²) in [7, 11) is 0. The highest BCUT2D eigenvalue weighted by molar-refractivity contribution is 7.98. The molecule has 2 heteroatoms. The molecular formula is C14H12OS. The van der Waals surface area contributed by atoms with Crippen molar-refractivity contribution in [1.29, 1.82) is 0 Å². The molecule has 0 aliphatic rings. The van der Waals surface area contributed by atoms with Crippen molar-refractivity contribution in [3.63, 3.8) is 0 Å². The van der Waals surface area contributed by atoms with Gasteiger partial charge >= 0.3 is 0 Å². The number of rotatable bonds is 3. The predicted octanol–water partition coefficient (Wildman–Crippen LogP) is 4.02. The maximum absolute atomic E-state index is 10.9. The Hall–Kier alpha value is -1.54. The molecular weight excluding hydrogens is 216 g/mol. The maximum Gasteiger partial charge on any atom is 0.151 e. The van der Waals surface area contributed by atoms with Crippen molar-refractivity contribution in [2.75, 3.05) is 6.26 Å². The van der Waals surface area contributed by atoms with Crippen LogP contribution in [0.3, 0.4) is 0 Å². The molecule has 0 heterocycles. The average Bonchev–Trinajstić information content (AvgIpc) is 2.36. The molecule has 0 atom stereocenters. The number of thioether (sulfide) groups is 1. The van der Waals surface area contributed by atoms with Crippen LogP contribution in [-0.2, 0) is 0 Å². The first-order valence-corrected chi connectivity index (χ1v) is 6.20. The van der Waals surface area contributed by atoms with E-state index < -0.39 is 0 Å². The molecule has 1 nitrogen and oxygen atoms in total. The molecule has 0 fully saturated rings. The lowest BCUT2D eigenvalue weighted by Gasteiger charge is -2.05. The first-order valence-electron chi connectivity index (χ1n) is 4.98. The van der Waals surface area contributed by atoms with Crippen LogP contribution in [0.2, 0.25) is 0 Å². The number of aldehydes is 1. The highest BCUT2D eigenvalue weighted by atomic mass is 32.2. The number of hydrogen-bond acceptors (Lipinski definition) is 2. The summed E-state index contributed by atoms with van der Waals surface area (Å²) in [5, 5.41) is 2.23. The molecule has 0 aliphatic carbocycles. The summed E-state index contributed by atoms with van der Waals surface area (Å²) >= 11 is 1.59. The third kappa shape index (κ3) is 1.89. The van der Waals surface area contributed by atoms with E-state index in [9.17, 15) is 4.79 Å². The molecule has 0 spiro atoms. The first-order chi connectivity index (χ1) is 7.78. The molecule has 0 unspecified atom stereocenters. The Morgan fingerprint density at radius 1 is 1.19 bits per heavy atom. The minimum Gasteiger partial charge on any atom is -0.298 e. The fourth-order valence-electron chi connectivity index (χ4n) is 1.71. The van der Waals surface area contributed by atoms with E-state index in [2.05, 4.69) is 18.7 Å². The second kappa shape index (κ2) is 4.54. The lowest BCUT2D eigenvalue weighted by atomic mass is 10.0. The van der Waals surface area contributed by atoms with Gasteiger partial charge in [-0.15, -0.1) is 11.8 Å². The van der Waals surface area contributed by atoms with Crippen molar-refractivity contribution in [3.05, 3.63) is 48.0 Å². The van der Waals surface area contributed by atoms with Gasteiger partial charge < -0.3 is 0 Å². The van der Waals surface area contributed by atoms with Gasteiger partial charge in [0.1, 0.15) is 0 Å². The molecule has 80 valence electrons. The van der Waals surface area contributed by atoms with Gasteiger partial charge in [0.05, 0.1) is 0 Å². The third-order valence-corrected chi connectivity index (χ3v) is 3.37. The fourth-order valence-corrected chi connectivity index (χ4v) is 2.30.